The zero-order chi connectivity index (χ0) is 22.9. The van der Waals surface area contributed by atoms with Crippen molar-refractivity contribution in [3.8, 4) is 0 Å². The molecule has 1 aromatic carbocycles. The summed E-state index contributed by atoms with van der Waals surface area (Å²) in [4.78, 5) is 11.9. The van der Waals surface area contributed by atoms with E-state index in [4.69, 9.17) is 19.7 Å². The van der Waals surface area contributed by atoms with Crippen LogP contribution in [0.25, 0.3) is 0 Å². The summed E-state index contributed by atoms with van der Waals surface area (Å²) >= 11 is 1.60. The van der Waals surface area contributed by atoms with Gasteiger partial charge in [0.05, 0.1) is 18.1 Å². The molecule has 4 atom stereocenters. The van der Waals surface area contributed by atoms with Gasteiger partial charge in [-0.15, -0.1) is 0 Å². The normalized spacial score (nSPS) is 23.7. The second kappa shape index (κ2) is 12.7. The highest BCUT2D eigenvalue weighted by atomic mass is 32.2. The van der Waals surface area contributed by atoms with Gasteiger partial charge in [0.1, 0.15) is 18.3 Å². The Morgan fingerprint density at radius 2 is 1.90 bits per heavy atom. The van der Waals surface area contributed by atoms with Gasteiger partial charge in [-0.25, -0.2) is 13.6 Å². The Hall–Kier alpha value is -1.25. The SMILES string of the molecule is NS(=O)(=O)c1ccc(CCNC(=O)CCSCCCO[C@@H]2O[C@H](CO)[C@@H](O)[C@H]2O)cc1. The van der Waals surface area contributed by atoms with Crippen LogP contribution in [0.5, 0.6) is 0 Å². The summed E-state index contributed by atoms with van der Waals surface area (Å²) < 4.78 is 33.0. The van der Waals surface area contributed by atoms with Crippen molar-refractivity contribution in [2.75, 3.05) is 31.3 Å². The van der Waals surface area contributed by atoms with Gasteiger partial charge in [0.15, 0.2) is 6.29 Å². The summed E-state index contributed by atoms with van der Waals surface area (Å²) in [6, 6.07) is 6.23. The molecule has 176 valence electrons. The number of rotatable bonds is 13. The van der Waals surface area contributed by atoms with Gasteiger partial charge in [0, 0.05) is 18.7 Å². The highest BCUT2D eigenvalue weighted by Gasteiger charge is 2.42. The van der Waals surface area contributed by atoms with E-state index in [2.05, 4.69) is 5.32 Å². The van der Waals surface area contributed by atoms with Gasteiger partial charge in [-0.3, -0.25) is 4.79 Å². The number of nitrogens with one attached hydrogen (secondary N) is 1. The van der Waals surface area contributed by atoms with E-state index in [1.165, 1.54) is 12.1 Å². The lowest BCUT2D eigenvalue weighted by Gasteiger charge is -2.15. The van der Waals surface area contributed by atoms with Crippen molar-refractivity contribution < 1.29 is 38.0 Å². The first-order chi connectivity index (χ1) is 14.7. The average molecular weight is 479 g/mol. The van der Waals surface area contributed by atoms with E-state index in [9.17, 15) is 23.4 Å². The lowest BCUT2D eigenvalue weighted by molar-refractivity contribution is -0.169. The minimum absolute atomic E-state index is 0.0570. The van der Waals surface area contributed by atoms with Crippen molar-refractivity contribution in [1.29, 1.82) is 0 Å². The van der Waals surface area contributed by atoms with Gasteiger partial charge in [0.25, 0.3) is 0 Å². The van der Waals surface area contributed by atoms with Crippen LogP contribution in [0.4, 0.5) is 0 Å². The molecule has 1 heterocycles. The molecule has 0 aromatic heterocycles. The van der Waals surface area contributed by atoms with Gasteiger partial charge in [-0.05, 0) is 36.3 Å². The average Bonchev–Trinajstić information content (AvgIpc) is 3.00. The van der Waals surface area contributed by atoms with Crippen LogP contribution in [-0.4, -0.2) is 85.5 Å². The van der Waals surface area contributed by atoms with Crippen LogP contribution in [0.1, 0.15) is 18.4 Å². The van der Waals surface area contributed by atoms with Crippen molar-refractivity contribution in [2.45, 2.75) is 48.8 Å². The Bertz CT molecular complexity index is 791. The first-order valence-electron chi connectivity index (χ1n) is 9.92. The van der Waals surface area contributed by atoms with Gasteiger partial charge in [-0.1, -0.05) is 12.1 Å². The Morgan fingerprint density at radius 3 is 2.52 bits per heavy atom. The molecule has 31 heavy (non-hydrogen) atoms. The van der Waals surface area contributed by atoms with E-state index in [1.807, 2.05) is 0 Å². The molecular weight excluding hydrogens is 448 g/mol. The van der Waals surface area contributed by atoms with E-state index in [0.29, 0.717) is 38.2 Å². The number of primary sulfonamides is 1. The lowest BCUT2D eigenvalue weighted by Crippen LogP contribution is -2.34. The fourth-order valence-electron chi connectivity index (χ4n) is 2.91. The third-order valence-corrected chi connectivity index (χ3v) is 6.67. The zero-order valence-electron chi connectivity index (χ0n) is 17.1. The fraction of sp³-hybridized carbons (Fsp3) is 0.632. The van der Waals surface area contributed by atoms with E-state index < -0.39 is 34.6 Å². The van der Waals surface area contributed by atoms with Gasteiger partial charge in [0.2, 0.25) is 15.9 Å². The predicted molar refractivity (Wildman–Crippen MR) is 115 cm³/mol. The number of sulfonamides is 1. The van der Waals surface area contributed by atoms with Crippen LogP contribution in [0.2, 0.25) is 0 Å². The fourth-order valence-corrected chi connectivity index (χ4v) is 4.28. The smallest absolute Gasteiger partial charge is 0.238 e. The van der Waals surface area contributed by atoms with E-state index in [0.717, 1.165) is 11.3 Å². The lowest BCUT2D eigenvalue weighted by atomic mass is 10.1. The summed E-state index contributed by atoms with van der Waals surface area (Å²) in [7, 11) is -3.70. The van der Waals surface area contributed by atoms with Crippen LogP contribution in [0.15, 0.2) is 29.2 Å². The number of thioether (sulfide) groups is 1. The van der Waals surface area contributed by atoms with Crippen molar-refractivity contribution >= 4 is 27.7 Å². The minimum atomic E-state index is -3.70. The molecule has 1 amide bonds. The molecule has 0 unspecified atom stereocenters. The second-order valence-electron chi connectivity index (χ2n) is 7.08. The van der Waals surface area contributed by atoms with E-state index >= 15 is 0 Å². The standard InChI is InChI=1S/C19H30N2O8S2/c20-31(26,27)14-4-2-13(3-5-14)6-8-21-16(23)7-11-30-10-1-9-28-19-18(25)17(24)15(12-22)29-19/h2-5,15,17-19,22,24-25H,1,6-12H2,(H,21,23)(H2,20,26,27)/t15-,17-,18-,19-/m1/s1. The minimum Gasteiger partial charge on any atom is -0.394 e. The largest absolute Gasteiger partial charge is 0.394 e. The third kappa shape index (κ3) is 8.66. The Kier molecular flexibility index (Phi) is 10.7. The molecule has 12 heteroatoms. The summed E-state index contributed by atoms with van der Waals surface area (Å²) in [5, 5.41) is 36.3. The number of aliphatic hydroxyl groups excluding tert-OH is 3. The molecule has 0 saturated carbocycles. The number of aliphatic hydroxyl groups is 3. The van der Waals surface area contributed by atoms with E-state index in [-0.39, 0.29) is 17.4 Å². The molecule has 0 aliphatic carbocycles. The molecule has 0 radical (unpaired) electrons. The number of amides is 1. The first-order valence-corrected chi connectivity index (χ1v) is 12.6. The van der Waals surface area contributed by atoms with Gasteiger partial charge >= 0.3 is 0 Å². The molecule has 1 aromatic rings. The van der Waals surface area contributed by atoms with Crippen LogP contribution in [0.3, 0.4) is 0 Å². The molecular formula is C19H30N2O8S2. The summed E-state index contributed by atoms with van der Waals surface area (Å²) in [6.07, 6.45) is -2.47. The number of nitrogens with two attached hydrogens (primary N) is 1. The quantitative estimate of drug-likeness (QED) is 0.222. The molecule has 0 spiro atoms. The van der Waals surface area contributed by atoms with Crippen molar-refractivity contribution in [1.82, 2.24) is 5.32 Å². The molecule has 1 aliphatic rings. The van der Waals surface area contributed by atoms with Crippen LogP contribution in [-0.2, 0) is 30.7 Å². The van der Waals surface area contributed by atoms with E-state index in [1.54, 1.807) is 23.9 Å². The molecule has 1 aliphatic heterocycles. The van der Waals surface area contributed by atoms with Crippen LogP contribution < -0.4 is 10.5 Å². The highest BCUT2D eigenvalue weighted by Crippen LogP contribution is 2.22. The number of carbonyl (C=O) groups is 1. The number of carbonyl (C=O) groups excluding carboxylic acids is 1. The number of ether oxygens (including phenoxy) is 2. The second-order valence-corrected chi connectivity index (χ2v) is 9.87. The van der Waals surface area contributed by atoms with Gasteiger partial charge in [-0.2, -0.15) is 11.8 Å². The zero-order valence-corrected chi connectivity index (χ0v) is 18.7. The van der Waals surface area contributed by atoms with Crippen molar-refractivity contribution in [2.24, 2.45) is 5.14 Å². The molecule has 0 bridgehead atoms. The molecule has 6 N–H and O–H groups in total. The van der Waals surface area contributed by atoms with Gasteiger partial charge < -0.3 is 30.1 Å². The predicted octanol–water partition coefficient (Wildman–Crippen LogP) is -1.04. The van der Waals surface area contributed by atoms with Crippen molar-refractivity contribution in [3.05, 3.63) is 29.8 Å². The number of benzene rings is 1. The Morgan fingerprint density at radius 1 is 1.19 bits per heavy atom. The molecule has 2 rings (SSSR count). The first kappa shape index (κ1) is 26.0. The maximum atomic E-state index is 11.9. The van der Waals surface area contributed by atoms with Crippen LogP contribution >= 0.6 is 11.8 Å². The highest BCUT2D eigenvalue weighted by molar-refractivity contribution is 7.99. The molecule has 10 nitrogen and oxygen atoms in total. The maximum absolute atomic E-state index is 11.9. The maximum Gasteiger partial charge on any atom is 0.238 e. The summed E-state index contributed by atoms with van der Waals surface area (Å²) in [5.41, 5.74) is 0.899. The number of hydrogen-bond donors (Lipinski definition) is 5. The summed E-state index contributed by atoms with van der Waals surface area (Å²) in [5.74, 6) is 1.36. The Labute approximate surface area is 186 Å². The topological polar surface area (TPSA) is 168 Å². The molecule has 1 saturated heterocycles. The third-order valence-electron chi connectivity index (χ3n) is 4.67. The monoisotopic (exact) mass is 478 g/mol. The van der Waals surface area contributed by atoms with Crippen molar-refractivity contribution in [3.63, 3.8) is 0 Å². The summed E-state index contributed by atoms with van der Waals surface area (Å²) in [6.45, 7) is 0.396. The van der Waals surface area contributed by atoms with Crippen LogP contribution in [0, 0.1) is 0 Å². The molecule has 1 fully saturated rings. The number of hydrogen-bond acceptors (Lipinski definition) is 9. The Balaban J connectivity index is 1.49.